The number of aromatic nitrogens is 2. The number of thiazole rings is 2. The van der Waals surface area contributed by atoms with Gasteiger partial charge in [0, 0.05) is 24.2 Å². The van der Waals surface area contributed by atoms with Crippen LogP contribution in [0.25, 0.3) is 20.9 Å². The van der Waals surface area contributed by atoms with Crippen LogP contribution in [0.15, 0.2) is 165 Å². The summed E-state index contributed by atoms with van der Waals surface area (Å²) in [5, 5.41) is 38.5. The molecule has 0 atom stereocenters. The molecular formula is C62H40N10O12S4. The monoisotopic (exact) mass is 1240 g/mol. The van der Waals surface area contributed by atoms with E-state index in [1.54, 1.807) is 135 Å². The number of hydrogen-bond acceptors (Lipinski definition) is 24. The molecule has 4 aliphatic rings. The molecule has 22 nitrogen and oxygen atoms in total. The number of rotatable bonds is 16. The van der Waals surface area contributed by atoms with Crippen molar-refractivity contribution in [2.24, 2.45) is 9.98 Å². The maximum Gasteiger partial charge on any atom is 0.369 e. The Hall–Kier alpha value is -10.7. The van der Waals surface area contributed by atoms with Crippen molar-refractivity contribution in [3.8, 4) is 56.7 Å². The molecule has 2 fully saturated rings. The maximum absolute atomic E-state index is 15.3. The summed E-state index contributed by atoms with van der Waals surface area (Å²) in [5.74, 6) is -6.96. The third-order valence-corrected chi connectivity index (χ3v) is 17.8. The number of fused-ring (bicyclic) bond motifs is 6. The molecule has 7 aromatic rings. The Bertz CT molecular complexity index is 3930. The molecule has 0 aliphatic carbocycles. The second-order valence-corrected chi connectivity index (χ2v) is 22.9. The van der Waals surface area contributed by atoms with E-state index in [-0.39, 0.29) is 113 Å². The van der Waals surface area contributed by atoms with Crippen LogP contribution in [0, 0.1) is 45.3 Å². The molecule has 0 unspecified atom stereocenters. The first-order valence-corrected chi connectivity index (χ1v) is 29.7. The van der Waals surface area contributed by atoms with Crippen LogP contribution in [-0.2, 0) is 85.3 Å². The second kappa shape index (κ2) is 25.1. The van der Waals surface area contributed by atoms with Crippen molar-refractivity contribution in [3.63, 3.8) is 0 Å². The fourth-order valence-corrected chi connectivity index (χ4v) is 13.6. The van der Waals surface area contributed by atoms with E-state index in [1.165, 1.54) is 21.9 Å². The van der Waals surface area contributed by atoms with Gasteiger partial charge >= 0.3 is 35.1 Å². The summed E-state index contributed by atoms with van der Waals surface area (Å²) in [6.45, 7) is 1.89. The third kappa shape index (κ3) is 10.9. The van der Waals surface area contributed by atoms with E-state index in [0.29, 0.717) is 22.3 Å². The molecule has 11 rings (SSSR count). The molecule has 0 N–H and O–H groups in total. The number of aliphatic imine (C=N–C) groups is 2. The quantitative estimate of drug-likeness (QED) is 0.0376. The van der Waals surface area contributed by atoms with Crippen LogP contribution in [0.3, 0.4) is 0 Å². The van der Waals surface area contributed by atoms with Gasteiger partial charge in [0.2, 0.25) is 10.3 Å². The Morgan fingerprint density at radius 3 is 1.07 bits per heavy atom. The van der Waals surface area contributed by atoms with Gasteiger partial charge in [-0.1, -0.05) is 144 Å². The highest BCUT2D eigenvalue weighted by molar-refractivity contribution is 8.20. The molecule has 6 heterocycles. The molecule has 5 aromatic carbocycles. The fourth-order valence-electron chi connectivity index (χ4n) is 9.38. The number of allylic oxidation sites excluding steroid dienone is 2. The van der Waals surface area contributed by atoms with Crippen molar-refractivity contribution in [2.75, 3.05) is 13.1 Å². The first-order chi connectivity index (χ1) is 42.8. The van der Waals surface area contributed by atoms with Crippen molar-refractivity contribution in [2.45, 2.75) is 51.5 Å². The molecule has 0 saturated carbocycles. The van der Waals surface area contributed by atoms with Crippen LogP contribution in [0.4, 0.5) is 10.3 Å². The molecular weight excluding hydrogens is 1210 g/mol. The summed E-state index contributed by atoms with van der Waals surface area (Å²) in [4.78, 5) is 110. The average Bonchev–Trinajstić information content (AvgIpc) is 1.36. The van der Waals surface area contributed by atoms with Gasteiger partial charge in [0.1, 0.15) is 83.6 Å². The normalized spacial score (nSPS) is 15.6. The van der Waals surface area contributed by atoms with Crippen molar-refractivity contribution in [1.82, 2.24) is 19.8 Å². The van der Waals surface area contributed by atoms with E-state index in [9.17, 15) is 30.6 Å². The number of nitriles is 4. The number of carbonyl (C=O) groups excluding carboxylic acids is 6. The predicted molar refractivity (Wildman–Crippen MR) is 319 cm³/mol. The summed E-state index contributed by atoms with van der Waals surface area (Å²) in [6, 6.07) is 44.3. The highest BCUT2D eigenvalue weighted by Gasteiger charge is 2.63. The second-order valence-electron chi connectivity index (χ2n) is 19.0. The molecule has 0 spiro atoms. The number of benzene rings is 5. The SMILES string of the molecule is CCN1C(=O)/C(=N\c2nc3c(s2)-c2cc4c(cc2OC3(C(=O)OCc2ccccc2)C(=O)OCc2ccccc2)-c2sc(/N=C3/SC(=C(C#N)C#N)N(CC)C3=O)nc2C(C(=O)OCc2ccccc2)(C(=O)OCc2ccccc2)O4)SC1=C(C#N)C#N. The number of nitrogens with zero attached hydrogens (tertiary/aromatic N) is 10. The first kappa shape index (κ1) is 59.0. The lowest BCUT2D eigenvalue weighted by Crippen LogP contribution is -2.53. The van der Waals surface area contributed by atoms with E-state index >= 15 is 19.2 Å². The van der Waals surface area contributed by atoms with Gasteiger partial charge < -0.3 is 28.4 Å². The molecule has 26 heteroatoms. The smallest absolute Gasteiger partial charge is 0.369 e. The van der Waals surface area contributed by atoms with E-state index in [4.69, 9.17) is 38.4 Å². The Labute approximate surface area is 516 Å². The van der Waals surface area contributed by atoms with Gasteiger partial charge in [0.15, 0.2) is 21.2 Å². The minimum absolute atomic E-state index is 0.00469. The summed E-state index contributed by atoms with van der Waals surface area (Å²) in [6.07, 6.45) is 0. The molecule has 434 valence electrons. The van der Waals surface area contributed by atoms with Gasteiger partial charge in [-0.05, 0) is 71.8 Å². The van der Waals surface area contributed by atoms with Crippen molar-refractivity contribution in [1.29, 1.82) is 21.0 Å². The highest BCUT2D eigenvalue weighted by Crippen LogP contribution is 2.58. The minimum atomic E-state index is -2.92. The number of hydrogen-bond donors (Lipinski definition) is 0. The van der Waals surface area contributed by atoms with Gasteiger partial charge in [-0.2, -0.15) is 21.0 Å². The Kier molecular flexibility index (Phi) is 16.8. The van der Waals surface area contributed by atoms with Gasteiger partial charge in [0.05, 0.1) is 9.75 Å². The van der Waals surface area contributed by atoms with Gasteiger partial charge in [-0.25, -0.2) is 39.1 Å². The van der Waals surface area contributed by atoms with Gasteiger partial charge in [-0.15, -0.1) is 0 Å². The van der Waals surface area contributed by atoms with E-state index < -0.39 is 58.3 Å². The summed E-state index contributed by atoms with van der Waals surface area (Å²) >= 11 is 3.04. The van der Waals surface area contributed by atoms with Gasteiger partial charge in [-0.3, -0.25) is 19.4 Å². The average molecular weight is 1250 g/mol. The third-order valence-electron chi connectivity index (χ3n) is 13.6. The molecule has 0 bridgehead atoms. The van der Waals surface area contributed by atoms with Crippen LogP contribution in [-0.4, -0.2) is 78.6 Å². The van der Waals surface area contributed by atoms with Crippen molar-refractivity contribution >= 4 is 102 Å². The van der Waals surface area contributed by atoms with Crippen LogP contribution < -0.4 is 9.47 Å². The number of esters is 4. The number of thioether (sulfide) groups is 2. The number of amides is 2. The Balaban J connectivity index is 1.13. The van der Waals surface area contributed by atoms with Crippen LogP contribution in [0.1, 0.15) is 47.5 Å². The summed E-state index contributed by atoms with van der Waals surface area (Å²) in [5.41, 5.74) is -5.20. The summed E-state index contributed by atoms with van der Waals surface area (Å²) in [7, 11) is 0. The fraction of sp³-hybridized carbons (Fsp3) is 0.161. The molecule has 4 aliphatic heterocycles. The van der Waals surface area contributed by atoms with Crippen LogP contribution in [0.5, 0.6) is 11.5 Å². The predicted octanol–water partition coefficient (Wildman–Crippen LogP) is 9.85. The Morgan fingerprint density at radius 2 is 0.795 bits per heavy atom. The number of carbonyl (C=O) groups is 6. The standard InChI is InChI=1S/C62H40N10O12S4/c1-3-71-51(73)49(87-53(71)39(27-63)28-64)69-59-67-47-45(85-59)41-25-44-42(26-43(41)83-61(47,55(75)79-31-35-17-9-5-10-18-35)56(76)80-32-36-19-11-6-12-20-36)46-48(68-60(86-46)70-50-52(74)72(4-2)54(88-50)40(29-65)30-66)62(84-44,57(77)81-33-37-21-13-7-14-22-37)58(78)82-34-38-23-15-8-16-24-38/h5-26H,3-4,31-34H2,1-2H3/b69-49+,70-50+. The lowest BCUT2D eigenvalue weighted by Gasteiger charge is -2.36. The van der Waals surface area contributed by atoms with Crippen molar-refractivity contribution < 1.29 is 57.2 Å². The molecule has 2 saturated heterocycles. The highest BCUT2D eigenvalue weighted by atomic mass is 32.2. The Morgan fingerprint density at radius 1 is 0.500 bits per heavy atom. The van der Waals surface area contributed by atoms with Crippen LogP contribution in [0.2, 0.25) is 0 Å². The lowest BCUT2D eigenvalue weighted by molar-refractivity contribution is -0.185. The maximum atomic E-state index is 15.3. The van der Waals surface area contributed by atoms with E-state index in [1.807, 2.05) is 24.3 Å². The zero-order chi connectivity index (χ0) is 61.7. The summed E-state index contributed by atoms with van der Waals surface area (Å²) < 4.78 is 37.4. The molecule has 2 amide bonds. The zero-order valence-electron chi connectivity index (χ0n) is 45.9. The number of ether oxygens (including phenoxy) is 6. The topological polar surface area (TPSA) is 310 Å². The largest absolute Gasteiger partial charge is 0.458 e. The van der Waals surface area contributed by atoms with E-state index in [0.717, 1.165) is 46.2 Å². The molecule has 88 heavy (non-hydrogen) atoms. The molecule has 0 radical (unpaired) electrons. The van der Waals surface area contributed by atoms with E-state index in [2.05, 4.69) is 9.98 Å². The van der Waals surface area contributed by atoms with Crippen molar-refractivity contribution in [3.05, 3.63) is 188 Å². The van der Waals surface area contributed by atoms with Gasteiger partial charge in [0.25, 0.3) is 11.8 Å². The minimum Gasteiger partial charge on any atom is -0.458 e. The lowest BCUT2D eigenvalue weighted by atomic mass is 9.89. The van der Waals surface area contributed by atoms with Crippen LogP contribution >= 0.6 is 46.2 Å². The zero-order valence-corrected chi connectivity index (χ0v) is 49.2. The molecule has 2 aromatic heterocycles. The first-order valence-electron chi connectivity index (χ1n) is 26.5.